The molecule has 2 aromatic rings. The molecule has 2 bridgehead atoms. The van der Waals surface area contributed by atoms with E-state index in [0.29, 0.717) is 37.4 Å². The standard InChI is InChI=1S/C27H26N4O5/c1-16(32)17-4-6-20(7-5-17)28-10-12-29(13-11-28)22-9-8-21(15-23(22)31(35)36)30-26(33)24-18-2-3-19(14-18)25(24)27(30)34/h2-9,15,18-19,24-25H,10-14H2,1H3/t18-,19-,24-,25+/m0/s1. The molecule has 2 heterocycles. The molecule has 2 aromatic carbocycles. The number of allylic oxidation sites excluding steroid dienone is 2. The molecular weight excluding hydrogens is 460 g/mol. The lowest BCUT2D eigenvalue weighted by molar-refractivity contribution is -0.384. The molecule has 6 rings (SSSR count). The number of hydrogen-bond donors (Lipinski definition) is 0. The van der Waals surface area contributed by atoms with Gasteiger partial charge >= 0.3 is 0 Å². The van der Waals surface area contributed by atoms with E-state index in [0.717, 1.165) is 12.1 Å². The summed E-state index contributed by atoms with van der Waals surface area (Å²) in [5.41, 5.74) is 2.32. The normalized spacial score (nSPS) is 26.6. The number of amides is 2. The van der Waals surface area contributed by atoms with Crippen molar-refractivity contribution in [3.8, 4) is 0 Å². The maximum absolute atomic E-state index is 13.2. The Morgan fingerprint density at radius 1 is 0.861 bits per heavy atom. The van der Waals surface area contributed by atoms with E-state index in [1.54, 1.807) is 12.1 Å². The molecule has 9 heteroatoms. The Hall–Kier alpha value is -4.01. The average molecular weight is 487 g/mol. The number of nitrogens with zero attached hydrogens (tertiary/aromatic N) is 4. The lowest BCUT2D eigenvalue weighted by atomic mass is 9.85. The van der Waals surface area contributed by atoms with Crippen LogP contribution >= 0.6 is 0 Å². The van der Waals surface area contributed by atoms with Gasteiger partial charge in [0.1, 0.15) is 5.69 Å². The van der Waals surface area contributed by atoms with Crippen LogP contribution in [-0.2, 0) is 9.59 Å². The number of carbonyl (C=O) groups excluding carboxylic acids is 3. The Morgan fingerprint density at radius 3 is 1.97 bits per heavy atom. The summed E-state index contributed by atoms with van der Waals surface area (Å²) in [4.78, 5) is 54.7. The molecule has 0 N–H and O–H groups in total. The molecule has 0 unspecified atom stereocenters. The topological polar surface area (TPSA) is 104 Å². The van der Waals surface area contributed by atoms with Gasteiger partial charge in [-0.3, -0.25) is 24.5 Å². The lowest BCUT2D eigenvalue weighted by Gasteiger charge is -2.37. The number of carbonyl (C=O) groups is 3. The van der Waals surface area contributed by atoms with Crippen LogP contribution in [0, 0.1) is 33.8 Å². The van der Waals surface area contributed by atoms with Crippen LogP contribution in [0.1, 0.15) is 23.7 Å². The van der Waals surface area contributed by atoms with Gasteiger partial charge in [0.05, 0.1) is 22.4 Å². The van der Waals surface area contributed by atoms with Crippen molar-refractivity contribution in [2.75, 3.05) is 40.9 Å². The fraction of sp³-hybridized carbons (Fsp3) is 0.370. The second kappa shape index (κ2) is 8.29. The predicted octanol–water partition coefficient (Wildman–Crippen LogP) is 3.44. The first-order chi connectivity index (χ1) is 17.3. The van der Waals surface area contributed by atoms with E-state index in [4.69, 9.17) is 0 Å². The minimum atomic E-state index is -0.442. The van der Waals surface area contributed by atoms with Crippen molar-refractivity contribution in [1.29, 1.82) is 0 Å². The zero-order valence-corrected chi connectivity index (χ0v) is 19.9. The number of nitro groups is 1. The third kappa shape index (κ3) is 3.41. The highest BCUT2D eigenvalue weighted by Gasteiger charge is 2.59. The van der Waals surface area contributed by atoms with Gasteiger partial charge in [0.15, 0.2) is 5.78 Å². The van der Waals surface area contributed by atoms with Gasteiger partial charge in [0.25, 0.3) is 5.69 Å². The van der Waals surface area contributed by atoms with Crippen molar-refractivity contribution >= 4 is 40.3 Å². The average Bonchev–Trinajstić information content (AvgIpc) is 3.57. The number of imide groups is 1. The summed E-state index contributed by atoms with van der Waals surface area (Å²) in [6.07, 6.45) is 4.90. The Kier molecular flexibility index (Phi) is 5.17. The Labute approximate surface area is 208 Å². The third-order valence-electron chi connectivity index (χ3n) is 8.14. The van der Waals surface area contributed by atoms with Gasteiger partial charge in [-0.2, -0.15) is 0 Å². The third-order valence-corrected chi connectivity index (χ3v) is 8.14. The van der Waals surface area contributed by atoms with E-state index in [1.165, 1.54) is 17.9 Å². The van der Waals surface area contributed by atoms with Crippen LogP contribution < -0.4 is 14.7 Å². The highest BCUT2D eigenvalue weighted by atomic mass is 16.6. The molecule has 4 aliphatic rings. The van der Waals surface area contributed by atoms with Crippen LogP contribution in [-0.4, -0.2) is 48.7 Å². The van der Waals surface area contributed by atoms with Gasteiger partial charge in [-0.1, -0.05) is 12.2 Å². The fourth-order valence-electron chi connectivity index (χ4n) is 6.33. The number of benzene rings is 2. The van der Waals surface area contributed by atoms with Crippen molar-refractivity contribution in [3.63, 3.8) is 0 Å². The minimum absolute atomic E-state index is 0.0201. The second-order valence-corrected chi connectivity index (χ2v) is 10.0. The summed E-state index contributed by atoms with van der Waals surface area (Å²) in [7, 11) is 0. The first-order valence-electron chi connectivity index (χ1n) is 12.3. The summed E-state index contributed by atoms with van der Waals surface area (Å²) in [5.74, 6) is -0.975. The molecule has 0 aromatic heterocycles. The van der Waals surface area contributed by atoms with Crippen molar-refractivity contribution in [1.82, 2.24) is 0 Å². The number of Topliss-reactive ketones (excluding diaryl/α,β-unsaturated/α-hetero) is 1. The maximum atomic E-state index is 13.2. The molecule has 2 aliphatic carbocycles. The van der Waals surface area contributed by atoms with Crippen LogP contribution in [0.4, 0.5) is 22.7 Å². The van der Waals surface area contributed by atoms with Gasteiger partial charge in [-0.15, -0.1) is 0 Å². The van der Waals surface area contributed by atoms with Crippen LogP contribution in [0.2, 0.25) is 0 Å². The van der Waals surface area contributed by atoms with Gasteiger partial charge in [0.2, 0.25) is 11.8 Å². The zero-order chi connectivity index (χ0) is 25.1. The minimum Gasteiger partial charge on any atom is -0.368 e. The predicted molar refractivity (Wildman–Crippen MR) is 134 cm³/mol. The summed E-state index contributed by atoms with van der Waals surface area (Å²) in [6, 6.07) is 12.1. The molecule has 2 saturated heterocycles. The quantitative estimate of drug-likeness (QED) is 0.210. The van der Waals surface area contributed by atoms with Crippen molar-refractivity contribution in [2.24, 2.45) is 23.7 Å². The first-order valence-corrected chi connectivity index (χ1v) is 12.3. The molecule has 1 saturated carbocycles. The van der Waals surface area contributed by atoms with Crippen LogP contribution in [0.15, 0.2) is 54.6 Å². The van der Waals surface area contributed by atoms with Gasteiger partial charge in [-0.25, -0.2) is 4.90 Å². The monoisotopic (exact) mass is 486 g/mol. The smallest absolute Gasteiger partial charge is 0.294 e. The van der Waals surface area contributed by atoms with Gasteiger partial charge in [-0.05, 0) is 61.6 Å². The Balaban J connectivity index is 1.21. The maximum Gasteiger partial charge on any atom is 0.294 e. The number of fused-ring (bicyclic) bond motifs is 5. The van der Waals surface area contributed by atoms with Crippen molar-refractivity contribution in [2.45, 2.75) is 13.3 Å². The van der Waals surface area contributed by atoms with E-state index in [2.05, 4.69) is 4.90 Å². The number of rotatable bonds is 5. The van der Waals surface area contributed by atoms with Crippen molar-refractivity contribution < 1.29 is 19.3 Å². The molecule has 2 amide bonds. The number of ketones is 1. The van der Waals surface area contributed by atoms with Crippen molar-refractivity contribution in [3.05, 3.63) is 70.3 Å². The molecule has 4 atom stereocenters. The van der Waals surface area contributed by atoms with E-state index in [1.807, 2.05) is 41.3 Å². The number of anilines is 3. The number of nitro benzene ring substituents is 1. The highest BCUT2D eigenvalue weighted by molar-refractivity contribution is 6.23. The van der Waals surface area contributed by atoms with Crippen LogP contribution in [0.3, 0.4) is 0 Å². The second-order valence-electron chi connectivity index (χ2n) is 10.0. The molecule has 2 aliphatic heterocycles. The molecule has 36 heavy (non-hydrogen) atoms. The molecule has 9 nitrogen and oxygen atoms in total. The van der Waals surface area contributed by atoms with Crippen LogP contribution in [0.25, 0.3) is 0 Å². The molecule has 3 fully saturated rings. The summed E-state index contributed by atoms with van der Waals surface area (Å²) >= 11 is 0. The van der Waals surface area contributed by atoms with E-state index >= 15 is 0 Å². The zero-order valence-electron chi connectivity index (χ0n) is 19.9. The lowest BCUT2D eigenvalue weighted by Crippen LogP contribution is -2.46. The van der Waals surface area contributed by atoms with Gasteiger partial charge < -0.3 is 9.80 Å². The number of hydrogen-bond acceptors (Lipinski definition) is 7. The molecular formula is C27H26N4O5. The SMILES string of the molecule is CC(=O)c1ccc(N2CCN(c3ccc(N4C(=O)[C@@H]5[C@H](C4=O)[C@H]4C=C[C@H]5C4)cc3[N+](=O)[O-])CC2)cc1. The van der Waals surface area contributed by atoms with E-state index in [-0.39, 0.29) is 52.6 Å². The largest absolute Gasteiger partial charge is 0.368 e. The Morgan fingerprint density at radius 2 is 1.42 bits per heavy atom. The molecule has 184 valence electrons. The van der Waals surface area contributed by atoms with E-state index < -0.39 is 4.92 Å². The summed E-state index contributed by atoms with van der Waals surface area (Å²) in [6.45, 7) is 4.03. The number of piperazine rings is 1. The molecule has 0 spiro atoms. The Bertz CT molecular complexity index is 1280. The summed E-state index contributed by atoms with van der Waals surface area (Å²) in [5, 5.41) is 12.0. The molecule has 0 radical (unpaired) electrons. The highest BCUT2D eigenvalue weighted by Crippen LogP contribution is 2.53. The fourth-order valence-corrected chi connectivity index (χ4v) is 6.33. The summed E-state index contributed by atoms with van der Waals surface area (Å²) < 4.78 is 0. The van der Waals surface area contributed by atoms with Gasteiger partial charge in [0, 0.05) is 43.5 Å². The van der Waals surface area contributed by atoms with Crippen LogP contribution in [0.5, 0.6) is 0 Å². The first kappa shape index (κ1) is 22.5. The van der Waals surface area contributed by atoms with E-state index in [9.17, 15) is 24.5 Å².